The van der Waals surface area contributed by atoms with Gasteiger partial charge in [0.25, 0.3) is 0 Å². The average molecular weight is 226 g/mol. The van der Waals surface area contributed by atoms with E-state index in [2.05, 4.69) is 48.4 Å². The second-order valence-corrected chi connectivity index (χ2v) is 4.49. The number of benzene rings is 1. The first kappa shape index (κ1) is 11.6. The van der Waals surface area contributed by atoms with Gasteiger partial charge in [-0.2, -0.15) is 0 Å². The minimum absolute atomic E-state index is 0.857. The Hall–Kier alpha value is -1.83. The number of para-hydroxylation sites is 1. The summed E-state index contributed by atoms with van der Waals surface area (Å²) in [4.78, 5) is 4.52. The molecule has 2 rings (SSSR count). The predicted molar refractivity (Wildman–Crippen MR) is 74.4 cm³/mol. The van der Waals surface area contributed by atoms with Crippen LogP contribution in [0.1, 0.15) is 19.5 Å². The van der Waals surface area contributed by atoms with Gasteiger partial charge in [0.1, 0.15) is 0 Å². The Kier molecular flexibility index (Phi) is 3.43. The fraction of sp³-hybridized carbons (Fsp3) is 0.267. The zero-order valence-electron chi connectivity index (χ0n) is 10.6. The molecule has 2 aromatic rings. The second kappa shape index (κ2) is 5.00. The first-order chi connectivity index (χ1) is 8.16. The topological polar surface area (TPSA) is 24.9 Å². The fourth-order valence-electron chi connectivity index (χ4n) is 1.82. The maximum Gasteiger partial charge on any atom is 0.0725 e. The zero-order valence-corrected chi connectivity index (χ0v) is 10.6. The molecule has 0 saturated carbocycles. The zero-order chi connectivity index (χ0) is 12.3. The molecule has 2 nitrogen and oxygen atoms in total. The minimum Gasteiger partial charge on any atom is -0.381 e. The van der Waals surface area contributed by atoms with E-state index >= 15 is 0 Å². The van der Waals surface area contributed by atoms with E-state index in [0.29, 0.717) is 0 Å². The number of rotatable bonds is 3. The molecular formula is C15H18N2. The Morgan fingerprint density at radius 1 is 1.29 bits per heavy atom. The lowest BCUT2D eigenvalue weighted by atomic mass is 10.1. The quantitative estimate of drug-likeness (QED) is 0.802. The number of fused-ring (bicyclic) bond motifs is 1. The number of aryl methyl sites for hydroxylation is 1. The summed E-state index contributed by atoms with van der Waals surface area (Å²) in [6.45, 7) is 7.10. The van der Waals surface area contributed by atoms with E-state index in [0.717, 1.165) is 23.4 Å². The van der Waals surface area contributed by atoms with Crippen LogP contribution < -0.4 is 5.32 Å². The third kappa shape index (κ3) is 2.84. The fourth-order valence-corrected chi connectivity index (χ4v) is 1.82. The number of aromatic nitrogens is 1. The van der Waals surface area contributed by atoms with Crippen LogP contribution in [0, 0.1) is 6.92 Å². The van der Waals surface area contributed by atoms with Crippen molar-refractivity contribution < 1.29 is 0 Å². The summed E-state index contributed by atoms with van der Waals surface area (Å²) in [5.41, 5.74) is 4.58. The van der Waals surface area contributed by atoms with Gasteiger partial charge in [0.05, 0.1) is 5.52 Å². The van der Waals surface area contributed by atoms with E-state index in [1.165, 1.54) is 11.0 Å². The molecule has 1 aromatic heterocycles. The first-order valence-corrected chi connectivity index (χ1v) is 5.90. The second-order valence-electron chi connectivity index (χ2n) is 4.49. The maximum atomic E-state index is 4.52. The van der Waals surface area contributed by atoms with Crippen molar-refractivity contribution in [1.29, 1.82) is 0 Å². The van der Waals surface area contributed by atoms with E-state index in [-0.39, 0.29) is 0 Å². The van der Waals surface area contributed by atoms with Crippen LogP contribution in [0.3, 0.4) is 0 Å². The van der Waals surface area contributed by atoms with Crippen molar-refractivity contribution in [2.24, 2.45) is 0 Å². The highest BCUT2D eigenvalue weighted by molar-refractivity contribution is 5.91. The molecule has 1 N–H and O–H groups in total. The van der Waals surface area contributed by atoms with Gasteiger partial charge in [-0.05, 0) is 32.9 Å². The van der Waals surface area contributed by atoms with E-state index in [9.17, 15) is 0 Å². The molecule has 1 heterocycles. The molecule has 17 heavy (non-hydrogen) atoms. The molecule has 0 saturated heterocycles. The van der Waals surface area contributed by atoms with Crippen LogP contribution in [-0.4, -0.2) is 11.5 Å². The van der Waals surface area contributed by atoms with Crippen LogP contribution in [0.2, 0.25) is 0 Å². The Morgan fingerprint density at radius 2 is 2.06 bits per heavy atom. The van der Waals surface area contributed by atoms with Crippen LogP contribution in [0.4, 0.5) is 5.69 Å². The summed E-state index contributed by atoms with van der Waals surface area (Å²) in [5.74, 6) is 0. The molecule has 1 aromatic carbocycles. The molecule has 0 fully saturated rings. The molecule has 0 aliphatic carbocycles. The molecule has 0 spiro atoms. The van der Waals surface area contributed by atoms with Gasteiger partial charge in [-0.25, -0.2) is 0 Å². The standard InChI is InChI=1S/C15H18N2/c1-11(2)8-9-16-15-10-12(3)17-14-7-5-4-6-13(14)15/h4-8,10H,9H2,1-3H3,(H,16,17). The van der Waals surface area contributed by atoms with Gasteiger partial charge < -0.3 is 5.32 Å². The molecule has 2 heteroatoms. The summed E-state index contributed by atoms with van der Waals surface area (Å²) in [7, 11) is 0. The van der Waals surface area contributed by atoms with Gasteiger partial charge in [-0.3, -0.25) is 4.98 Å². The molecule has 88 valence electrons. The van der Waals surface area contributed by atoms with Gasteiger partial charge in [0, 0.05) is 23.3 Å². The smallest absolute Gasteiger partial charge is 0.0725 e. The molecule has 0 bridgehead atoms. The molecule has 0 amide bonds. The van der Waals surface area contributed by atoms with Crippen LogP contribution in [0.25, 0.3) is 10.9 Å². The number of hydrogen-bond donors (Lipinski definition) is 1. The number of hydrogen-bond acceptors (Lipinski definition) is 2. The summed E-state index contributed by atoms with van der Waals surface area (Å²) >= 11 is 0. The van der Waals surface area contributed by atoms with E-state index in [4.69, 9.17) is 0 Å². The van der Waals surface area contributed by atoms with Crippen molar-refractivity contribution in [2.45, 2.75) is 20.8 Å². The average Bonchev–Trinajstić information content (AvgIpc) is 2.28. The van der Waals surface area contributed by atoms with Crippen molar-refractivity contribution in [1.82, 2.24) is 4.98 Å². The van der Waals surface area contributed by atoms with Gasteiger partial charge in [-0.15, -0.1) is 0 Å². The Bertz CT molecular complexity index is 552. The molecule has 0 aliphatic rings. The summed E-state index contributed by atoms with van der Waals surface area (Å²) in [6, 6.07) is 10.3. The molecule has 0 aliphatic heterocycles. The number of anilines is 1. The molecular weight excluding hydrogens is 208 g/mol. The largest absolute Gasteiger partial charge is 0.381 e. The van der Waals surface area contributed by atoms with Gasteiger partial charge >= 0.3 is 0 Å². The van der Waals surface area contributed by atoms with Crippen molar-refractivity contribution in [3.05, 3.63) is 47.7 Å². The lowest BCUT2D eigenvalue weighted by molar-refractivity contribution is 1.23. The number of nitrogens with zero attached hydrogens (tertiary/aromatic N) is 1. The molecule has 0 unspecified atom stereocenters. The van der Waals surface area contributed by atoms with E-state index in [1.807, 2.05) is 19.1 Å². The van der Waals surface area contributed by atoms with E-state index < -0.39 is 0 Å². The van der Waals surface area contributed by atoms with Crippen molar-refractivity contribution in [3.63, 3.8) is 0 Å². The van der Waals surface area contributed by atoms with Crippen LogP contribution in [0.5, 0.6) is 0 Å². The van der Waals surface area contributed by atoms with Crippen LogP contribution in [-0.2, 0) is 0 Å². The Labute approximate surface area is 102 Å². The Balaban J connectivity index is 2.35. The van der Waals surface area contributed by atoms with Crippen molar-refractivity contribution >= 4 is 16.6 Å². The predicted octanol–water partition coefficient (Wildman–Crippen LogP) is 3.92. The highest BCUT2D eigenvalue weighted by Gasteiger charge is 2.01. The first-order valence-electron chi connectivity index (χ1n) is 5.90. The lowest BCUT2D eigenvalue weighted by Crippen LogP contribution is -2.00. The molecule has 0 atom stereocenters. The van der Waals surface area contributed by atoms with Crippen molar-refractivity contribution in [3.8, 4) is 0 Å². The lowest BCUT2D eigenvalue weighted by Gasteiger charge is -2.09. The number of pyridine rings is 1. The third-order valence-electron chi connectivity index (χ3n) is 2.65. The third-order valence-corrected chi connectivity index (χ3v) is 2.65. The van der Waals surface area contributed by atoms with Gasteiger partial charge in [-0.1, -0.05) is 29.8 Å². The van der Waals surface area contributed by atoms with Gasteiger partial charge in [0.15, 0.2) is 0 Å². The van der Waals surface area contributed by atoms with Gasteiger partial charge in [0.2, 0.25) is 0 Å². The number of nitrogens with one attached hydrogen (secondary N) is 1. The highest BCUT2D eigenvalue weighted by Crippen LogP contribution is 2.22. The molecule has 0 radical (unpaired) electrons. The maximum absolute atomic E-state index is 4.52. The van der Waals surface area contributed by atoms with Crippen LogP contribution >= 0.6 is 0 Å². The highest BCUT2D eigenvalue weighted by atomic mass is 14.9. The van der Waals surface area contributed by atoms with Crippen LogP contribution in [0.15, 0.2) is 42.0 Å². The summed E-state index contributed by atoms with van der Waals surface area (Å²) < 4.78 is 0. The number of allylic oxidation sites excluding steroid dienone is 1. The Morgan fingerprint density at radius 3 is 2.82 bits per heavy atom. The minimum atomic E-state index is 0.857. The van der Waals surface area contributed by atoms with Crippen molar-refractivity contribution in [2.75, 3.05) is 11.9 Å². The monoisotopic (exact) mass is 226 g/mol. The summed E-state index contributed by atoms with van der Waals surface area (Å²) in [5, 5.41) is 4.62. The normalized spacial score (nSPS) is 10.3. The SMILES string of the molecule is CC(C)=CCNc1cc(C)nc2ccccc12. The van der Waals surface area contributed by atoms with E-state index in [1.54, 1.807) is 0 Å². The summed E-state index contributed by atoms with van der Waals surface area (Å²) in [6.07, 6.45) is 2.19.